The number of carbonyl (C=O) groups excluding carboxylic acids is 2. The number of carbonyl (C=O) groups is 2. The van der Waals surface area contributed by atoms with Crippen molar-refractivity contribution in [1.82, 2.24) is 0 Å². The fourth-order valence-electron chi connectivity index (χ4n) is 2.32. The summed E-state index contributed by atoms with van der Waals surface area (Å²) in [5.74, 6) is -0.183. The van der Waals surface area contributed by atoms with Gasteiger partial charge in [0.1, 0.15) is 12.4 Å². The molecule has 0 aromatic heterocycles. The van der Waals surface area contributed by atoms with Crippen molar-refractivity contribution in [2.24, 2.45) is 0 Å². The van der Waals surface area contributed by atoms with E-state index in [-0.39, 0.29) is 11.3 Å². The zero-order valence-electron chi connectivity index (χ0n) is 12.9. The summed E-state index contributed by atoms with van der Waals surface area (Å²) in [5, 5.41) is 0. The van der Waals surface area contributed by atoms with Crippen molar-refractivity contribution in [3.05, 3.63) is 64.7 Å². The van der Waals surface area contributed by atoms with E-state index in [2.05, 4.69) is 0 Å². The van der Waals surface area contributed by atoms with E-state index in [1.807, 2.05) is 30.3 Å². The minimum Gasteiger partial charge on any atom is -0.489 e. The quantitative estimate of drug-likeness (QED) is 0.625. The lowest BCUT2D eigenvalue weighted by molar-refractivity contribution is 0.0596. The van der Waals surface area contributed by atoms with Crippen LogP contribution >= 0.6 is 0 Å². The first-order valence-electron chi connectivity index (χ1n) is 6.93. The van der Waals surface area contributed by atoms with Gasteiger partial charge in [0.15, 0.2) is 5.78 Å². The molecular weight excluding hydrogens is 280 g/mol. The number of benzene rings is 2. The van der Waals surface area contributed by atoms with Gasteiger partial charge < -0.3 is 9.47 Å². The number of ketones is 1. The lowest BCUT2D eigenvalue weighted by atomic mass is 9.98. The smallest absolute Gasteiger partial charge is 0.338 e. The molecule has 2 aromatic carbocycles. The normalized spacial score (nSPS) is 10.1. The summed E-state index contributed by atoms with van der Waals surface area (Å²) in [6.45, 7) is 3.60. The van der Waals surface area contributed by atoms with Crippen LogP contribution in [0.2, 0.25) is 0 Å². The molecule has 0 aliphatic carbocycles. The van der Waals surface area contributed by atoms with Crippen LogP contribution in [0.5, 0.6) is 5.75 Å². The van der Waals surface area contributed by atoms with Crippen molar-refractivity contribution in [2.75, 3.05) is 7.11 Å². The predicted octanol–water partition coefficient (Wildman–Crippen LogP) is 3.56. The van der Waals surface area contributed by atoms with Gasteiger partial charge >= 0.3 is 5.97 Å². The molecule has 0 fully saturated rings. The minimum atomic E-state index is -0.543. The number of methoxy groups -OCH3 is 1. The first-order chi connectivity index (χ1) is 10.5. The summed E-state index contributed by atoms with van der Waals surface area (Å²) < 4.78 is 10.5. The molecule has 114 valence electrons. The van der Waals surface area contributed by atoms with E-state index in [4.69, 9.17) is 9.47 Å². The number of rotatable bonds is 5. The molecule has 0 radical (unpaired) electrons. The van der Waals surface area contributed by atoms with Crippen LogP contribution in [0, 0.1) is 6.92 Å². The molecule has 0 spiro atoms. The maximum Gasteiger partial charge on any atom is 0.338 e. The van der Waals surface area contributed by atoms with Crippen LogP contribution in [0.3, 0.4) is 0 Å². The molecule has 0 bridgehead atoms. The molecule has 2 aromatic rings. The average Bonchev–Trinajstić information content (AvgIpc) is 2.52. The number of esters is 1. The number of hydrogen-bond donors (Lipinski definition) is 0. The average molecular weight is 298 g/mol. The van der Waals surface area contributed by atoms with E-state index in [0.29, 0.717) is 23.5 Å². The maximum atomic E-state index is 11.9. The summed E-state index contributed by atoms with van der Waals surface area (Å²) in [7, 11) is 1.29. The Kier molecular flexibility index (Phi) is 4.94. The van der Waals surface area contributed by atoms with Gasteiger partial charge in [-0.1, -0.05) is 30.3 Å². The third kappa shape index (κ3) is 3.52. The van der Waals surface area contributed by atoms with E-state index in [0.717, 1.165) is 5.56 Å². The molecule has 0 heterocycles. The van der Waals surface area contributed by atoms with Crippen LogP contribution in [0.15, 0.2) is 42.5 Å². The zero-order valence-corrected chi connectivity index (χ0v) is 12.9. The van der Waals surface area contributed by atoms with Crippen LogP contribution in [-0.2, 0) is 11.3 Å². The molecule has 4 nitrogen and oxygen atoms in total. The fourth-order valence-corrected chi connectivity index (χ4v) is 2.32. The fraction of sp³-hybridized carbons (Fsp3) is 0.222. The van der Waals surface area contributed by atoms with Gasteiger partial charge in [0.05, 0.1) is 12.7 Å². The highest BCUT2D eigenvalue weighted by atomic mass is 16.5. The van der Waals surface area contributed by atoms with E-state index in [1.54, 1.807) is 19.1 Å². The first-order valence-corrected chi connectivity index (χ1v) is 6.93. The second-order valence-corrected chi connectivity index (χ2v) is 4.98. The molecule has 0 unspecified atom stereocenters. The molecular formula is C18H18O4. The molecule has 0 aliphatic rings. The number of hydrogen-bond acceptors (Lipinski definition) is 4. The molecule has 2 rings (SSSR count). The molecule has 0 amide bonds. The third-order valence-electron chi connectivity index (χ3n) is 3.31. The van der Waals surface area contributed by atoms with Crippen molar-refractivity contribution in [3.8, 4) is 5.75 Å². The van der Waals surface area contributed by atoms with E-state index in [1.165, 1.54) is 14.0 Å². The highest BCUT2D eigenvalue weighted by Gasteiger charge is 2.19. The second kappa shape index (κ2) is 6.89. The maximum absolute atomic E-state index is 11.9. The largest absolute Gasteiger partial charge is 0.489 e. The standard InChI is InChI=1S/C18H18O4/c1-12-9-15(22-11-14-7-5-4-6-8-14)10-16(18(20)21-3)17(12)13(2)19/h4-10H,11H2,1-3H3. The van der Waals surface area contributed by atoms with Gasteiger partial charge in [0, 0.05) is 5.56 Å². The van der Waals surface area contributed by atoms with Gasteiger partial charge in [0.2, 0.25) is 0 Å². The van der Waals surface area contributed by atoms with E-state index < -0.39 is 5.97 Å². The van der Waals surface area contributed by atoms with Gasteiger partial charge in [-0.15, -0.1) is 0 Å². The summed E-state index contributed by atoms with van der Waals surface area (Å²) in [6, 6.07) is 13.0. The van der Waals surface area contributed by atoms with Crippen LogP contribution in [-0.4, -0.2) is 18.9 Å². The van der Waals surface area contributed by atoms with Crippen molar-refractivity contribution in [3.63, 3.8) is 0 Å². The minimum absolute atomic E-state index is 0.174. The number of Topliss-reactive ketones (excluding diaryl/α,β-unsaturated/α-hetero) is 1. The van der Waals surface area contributed by atoms with Crippen LogP contribution in [0.4, 0.5) is 0 Å². The molecule has 0 N–H and O–H groups in total. The van der Waals surface area contributed by atoms with Crippen LogP contribution < -0.4 is 4.74 Å². The Hall–Kier alpha value is -2.62. The molecule has 0 atom stereocenters. The lowest BCUT2D eigenvalue weighted by Crippen LogP contribution is -2.11. The zero-order chi connectivity index (χ0) is 16.1. The van der Waals surface area contributed by atoms with Crippen molar-refractivity contribution in [2.45, 2.75) is 20.5 Å². The van der Waals surface area contributed by atoms with Gasteiger partial charge in [-0.25, -0.2) is 4.79 Å². The Morgan fingerprint density at radius 1 is 1.09 bits per heavy atom. The Morgan fingerprint density at radius 3 is 2.36 bits per heavy atom. The molecule has 4 heteroatoms. The van der Waals surface area contributed by atoms with E-state index >= 15 is 0 Å². The summed E-state index contributed by atoms with van der Waals surface area (Å²) >= 11 is 0. The molecule has 0 saturated carbocycles. The highest BCUT2D eigenvalue weighted by molar-refractivity contribution is 6.06. The predicted molar refractivity (Wildman–Crippen MR) is 83.3 cm³/mol. The molecule has 0 aliphatic heterocycles. The van der Waals surface area contributed by atoms with E-state index in [9.17, 15) is 9.59 Å². The van der Waals surface area contributed by atoms with Crippen LogP contribution in [0.1, 0.15) is 38.8 Å². The SMILES string of the molecule is COC(=O)c1cc(OCc2ccccc2)cc(C)c1C(C)=O. The summed E-state index contributed by atoms with van der Waals surface area (Å²) in [6.07, 6.45) is 0. The Labute approximate surface area is 129 Å². The Balaban J connectivity index is 2.31. The first kappa shape index (κ1) is 15.8. The highest BCUT2D eigenvalue weighted by Crippen LogP contribution is 2.24. The van der Waals surface area contributed by atoms with Gasteiger partial charge in [-0.3, -0.25) is 4.79 Å². The molecule has 0 saturated heterocycles. The van der Waals surface area contributed by atoms with Crippen molar-refractivity contribution < 1.29 is 19.1 Å². The number of ether oxygens (including phenoxy) is 2. The van der Waals surface area contributed by atoms with Crippen molar-refractivity contribution >= 4 is 11.8 Å². The number of aryl methyl sites for hydroxylation is 1. The third-order valence-corrected chi connectivity index (χ3v) is 3.31. The summed E-state index contributed by atoms with van der Waals surface area (Å²) in [4.78, 5) is 23.6. The lowest BCUT2D eigenvalue weighted by Gasteiger charge is -2.13. The van der Waals surface area contributed by atoms with Gasteiger partial charge in [0.25, 0.3) is 0 Å². The monoisotopic (exact) mass is 298 g/mol. The van der Waals surface area contributed by atoms with Gasteiger partial charge in [-0.05, 0) is 37.1 Å². The van der Waals surface area contributed by atoms with Crippen LogP contribution in [0.25, 0.3) is 0 Å². The topological polar surface area (TPSA) is 52.6 Å². The molecule has 22 heavy (non-hydrogen) atoms. The van der Waals surface area contributed by atoms with Gasteiger partial charge in [-0.2, -0.15) is 0 Å². The Morgan fingerprint density at radius 2 is 1.77 bits per heavy atom. The second-order valence-electron chi connectivity index (χ2n) is 4.98. The Bertz CT molecular complexity index is 690. The van der Waals surface area contributed by atoms with Crippen molar-refractivity contribution in [1.29, 1.82) is 0 Å². The summed E-state index contributed by atoms with van der Waals surface area (Å²) in [5.41, 5.74) is 2.32.